The van der Waals surface area contributed by atoms with Crippen molar-refractivity contribution in [3.05, 3.63) is 41.5 Å². The Labute approximate surface area is 191 Å². The average Bonchev–Trinajstić information content (AvgIpc) is 3.21. The number of carbonyl (C=O) groups excluding carboxylic acids is 2. The number of hydrogen-bond donors (Lipinski definition) is 1. The summed E-state index contributed by atoms with van der Waals surface area (Å²) in [6.45, 7) is 3.94. The van der Waals surface area contributed by atoms with Crippen molar-refractivity contribution in [2.24, 2.45) is 0 Å². The van der Waals surface area contributed by atoms with Crippen LogP contribution in [0.15, 0.2) is 30.3 Å². The fraction of sp³-hybridized carbons (Fsp3) is 0.391. The van der Waals surface area contributed by atoms with E-state index in [1.807, 2.05) is 19.9 Å². The van der Waals surface area contributed by atoms with Crippen molar-refractivity contribution in [1.29, 1.82) is 0 Å². The number of methoxy groups -OCH3 is 4. The zero-order valence-corrected chi connectivity index (χ0v) is 19.7. The summed E-state index contributed by atoms with van der Waals surface area (Å²) in [5.41, 5.74) is 1.74. The van der Waals surface area contributed by atoms with Crippen molar-refractivity contribution >= 4 is 29.3 Å². The first kappa shape index (κ1) is 22.1. The summed E-state index contributed by atoms with van der Waals surface area (Å²) < 4.78 is 21.0. The molecular formula is C23H26N2O6S. The highest BCUT2D eigenvalue weighted by Gasteiger charge is 2.58. The van der Waals surface area contributed by atoms with E-state index in [9.17, 15) is 9.59 Å². The zero-order valence-electron chi connectivity index (χ0n) is 18.8. The molecular weight excluding hydrogens is 432 g/mol. The summed E-state index contributed by atoms with van der Waals surface area (Å²) in [6.07, 6.45) is 0. The van der Waals surface area contributed by atoms with Gasteiger partial charge in [-0.05, 0) is 32.0 Å². The molecule has 2 aromatic carbocycles. The molecule has 2 aromatic rings. The molecule has 0 aromatic heterocycles. The van der Waals surface area contributed by atoms with Gasteiger partial charge in [0.2, 0.25) is 5.91 Å². The van der Waals surface area contributed by atoms with Gasteiger partial charge in [-0.2, -0.15) is 0 Å². The molecule has 8 nitrogen and oxygen atoms in total. The van der Waals surface area contributed by atoms with Gasteiger partial charge in [-0.15, -0.1) is 11.8 Å². The summed E-state index contributed by atoms with van der Waals surface area (Å²) >= 11 is 1.57. The third-order valence-corrected chi connectivity index (χ3v) is 7.34. The van der Waals surface area contributed by atoms with Crippen LogP contribution in [0.25, 0.3) is 0 Å². The first-order valence-electron chi connectivity index (χ1n) is 10.1. The largest absolute Gasteiger partial charge is 0.497 e. The van der Waals surface area contributed by atoms with Crippen molar-refractivity contribution in [3.8, 4) is 23.0 Å². The van der Waals surface area contributed by atoms with Gasteiger partial charge in [-0.25, -0.2) is 0 Å². The number of anilines is 1. The molecule has 1 fully saturated rings. The molecule has 0 spiro atoms. The standard InChI is InChI=1S/C23H26N2O6S/c1-23(2)19(20(26)24-14-11-12(28-3)7-9-15(14)29-4)25-21(27)17-13(22(25)32-23)8-10-16(30-5)18(17)31-6/h7-11,19,22H,1-6H3,(H,24,26). The van der Waals surface area contributed by atoms with Crippen LogP contribution in [0.5, 0.6) is 23.0 Å². The van der Waals surface area contributed by atoms with E-state index in [1.165, 1.54) is 21.3 Å². The molecule has 2 aliphatic rings. The van der Waals surface area contributed by atoms with Crippen molar-refractivity contribution in [3.63, 3.8) is 0 Å². The third-order valence-electron chi connectivity index (χ3n) is 5.81. The fourth-order valence-corrected chi connectivity index (χ4v) is 5.95. The highest BCUT2D eigenvalue weighted by molar-refractivity contribution is 8.01. The van der Waals surface area contributed by atoms with Gasteiger partial charge >= 0.3 is 0 Å². The predicted molar refractivity (Wildman–Crippen MR) is 122 cm³/mol. The minimum absolute atomic E-state index is 0.253. The second-order valence-corrected chi connectivity index (χ2v) is 9.74. The molecule has 0 aliphatic carbocycles. The Morgan fingerprint density at radius 2 is 1.69 bits per heavy atom. The second kappa shape index (κ2) is 8.12. The van der Waals surface area contributed by atoms with Crippen molar-refractivity contribution in [2.75, 3.05) is 33.8 Å². The number of hydrogen-bond acceptors (Lipinski definition) is 7. The van der Waals surface area contributed by atoms with Gasteiger partial charge in [0.15, 0.2) is 11.5 Å². The van der Waals surface area contributed by atoms with Crippen LogP contribution in [0.2, 0.25) is 0 Å². The highest BCUT2D eigenvalue weighted by atomic mass is 32.2. The van der Waals surface area contributed by atoms with E-state index < -0.39 is 10.8 Å². The number of carbonyl (C=O) groups is 2. The van der Waals surface area contributed by atoms with E-state index in [-0.39, 0.29) is 17.2 Å². The molecule has 1 saturated heterocycles. The predicted octanol–water partition coefficient (Wildman–Crippen LogP) is 3.71. The van der Waals surface area contributed by atoms with Crippen LogP contribution in [0.1, 0.15) is 35.1 Å². The fourth-order valence-electron chi connectivity index (χ4n) is 4.37. The number of amides is 2. The number of rotatable bonds is 6. The Kier molecular flexibility index (Phi) is 5.62. The number of fused-ring (bicyclic) bond motifs is 3. The third kappa shape index (κ3) is 3.31. The van der Waals surface area contributed by atoms with Crippen LogP contribution in [-0.2, 0) is 4.79 Å². The van der Waals surface area contributed by atoms with E-state index in [0.29, 0.717) is 34.2 Å². The maximum absolute atomic E-state index is 13.6. The van der Waals surface area contributed by atoms with Crippen LogP contribution in [0.3, 0.4) is 0 Å². The lowest BCUT2D eigenvalue weighted by atomic mass is 10.0. The topological polar surface area (TPSA) is 86.3 Å². The normalized spacial score (nSPS) is 20.4. The van der Waals surface area contributed by atoms with Gasteiger partial charge in [0.05, 0.1) is 39.7 Å². The van der Waals surface area contributed by atoms with Crippen LogP contribution in [-0.4, -0.2) is 55.9 Å². The van der Waals surface area contributed by atoms with Gasteiger partial charge in [-0.1, -0.05) is 6.07 Å². The van der Waals surface area contributed by atoms with E-state index in [0.717, 1.165) is 5.56 Å². The molecule has 4 rings (SSSR count). The smallest absolute Gasteiger partial charge is 0.260 e. The lowest BCUT2D eigenvalue weighted by Gasteiger charge is -2.29. The maximum atomic E-state index is 13.6. The number of nitrogens with zero attached hydrogens (tertiary/aromatic N) is 1. The Hall–Kier alpha value is -3.07. The molecule has 32 heavy (non-hydrogen) atoms. The van der Waals surface area contributed by atoms with Crippen LogP contribution in [0, 0.1) is 0 Å². The van der Waals surface area contributed by atoms with E-state index in [2.05, 4.69) is 5.32 Å². The van der Waals surface area contributed by atoms with Gasteiger partial charge in [-0.3, -0.25) is 9.59 Å². The summed E-state index contributed by atoms with van der Waals surface area (Å²) in [4.78, 5) is 28.7. The Balaban J connectivity index is 1.72. The lowest BCUT2D eigenvalue weighted by molar-refractivity contribution is -0.121. The Morgan fingerprint density at radius 3 is 2.31 bits per heavy atom. The molecule has 0 bridgehead atoms. The summed E-state index contributed by atoms with van der Waals surface area (Å²) in [5, 5.41) is 2.64. The molecule has 2 heterocycles. The molecule has 9 heteroatoms. The summed E-state index contributed by atoms with van der Waals surface area (Å²) in [5.74, 6) is 1.39. The summed E-state index contributed by atoms with van der Waals surface area (Å²) in [6, 6.07) is 8.10. The second-order valence-electron chi connectivity index (χ2n) is 8.01. The van der Waals surface area contributed by atoms with E-state index in [4.69, 9.17) is 18.9 Å². The molecule has 1 N–H and O–H groups in total. The molecule has 0 radical (unpaired) electrons. The molecule has 0 saturated carbocycles. The van der Waals surface area contributed by atoms with Gasteiger partial charge in [0, 0.05) is 16.4 Å². The number of ether oxygens (including phenoxy) is 4. The van der Waals surface area contributed by atoms with E-state index in [1.54, 1.807) is 48.0 Å². The number of benzene rings is 2. The first-order valence-corrected chi connectivity index (χ1v) is 10.9. The van der Waals surface area contributed by atoms with Crippen LogP contribution < -0.4 is 24.3 Å². The lowest BCUT2D eigenvalue weighted by Crippen LogP contribution is -2.50. The van der Waals surface area contributed by atoms with Crippen molar-refractivity contribution in [2.45, 2.75) is 30.0 Å². The van der Waals surface area contributed by atoms with Crippen LogP contribution in [0.4, 0.5) is 5.69 Å². The summed E-state index contributed by atoms with van der Waals surface area (Å²) in [7, 11) is 6.12. The minimum Gasteiger partial charge on any atom is -0.497 e. The number of nitrogens with one attached hydrogen (secondary N) is 1. The minimum atomic E-state index is -0.719. The van der Waals surface area contributed by atoms with Gasteiger partial charge in [0.1, 0.15) is 22.9 Å². The first-order chi connectivity index (χ1) is 15.3. The van der Waals surface area contributed by atoms with Crippen molar-refractivity contribution < 1.29 is 28.5 Å². The number of thioether (sulfide) groups is 1. The SMILES string of the molecule is COc1ccc(OC)c(NC(=O)C2N3C(=O)c4c(ccc(OC)c4OC)C3SC2(C)C)c1. The Bertz CT molecular complexity index is 1090. The zero-order chi connectivity index (χ0) is 23.2. The average molecular weight is 459 g/mol. The molecule has 2 unspecified atom stereocenters. The quantitative estimate of drug-likeness (QED) is 0.706. The Morgan fingerprint density at radius 1 is 1.00 bits per heavy atom. The molecule has 2 aliphatic heterocycles. The van der Waals surface area contributed by atoms with E-state index >= 15 is 0 Å². The molecule has 170 valence electrons. The molecule has 2 atom stereocenters. The van der Waals surface area contributed by atoms with Gasteiger partial charge < -0.3 is 29.2 Å². The van der Waals surface area contributed by atoms with Crippen LogP contribution >= 0.6 is 11.8 Å². The van der Waals surface area contributed by atoms with Crippen molar-refractivity contribution in [1.82, 2.24) is 4.90 Å². The molecule has 2 amide bonds. The van der Waals surface area contributed by atoms with Gasteiger partial charge in [0.25, 0.3) is 5.91 Å². The highest BCUT2D eigenvalue weighted by Crippen LogP contribution is 2.58. The monoisotopic (exact) mass is 458 g/mol. The maximum Gasteiger partial charge on any atom is 0.260 e.